The topological polar surface area (TPSA) is 85.3 Å². The highest BCUT2D eigenvalue weighted by atomic mass is 35.5. The second-order valence-electron chi connectivity index (χ2n) is 8.13. The van der Waals surface area contributed by atoms with Crippen molar-refractivity contribution in [3.63, 3.8) is 0 Å². The number of benzene rings is 2. The molecular weight excluding hydrogens is 482 g/mol. The molecule has 7 nitrogen and oxygen atoms in total. The molecule has 0 atom stereocenters. The number of para-hydroxylation sites is 1. The van der Waals surface area contributed by atoms with E-state index in [1.165, 1.54) is 4.88 Å². The van der Waals surface area contributed by atoms with Crippen LogP contribution in [0, 0.1) is 0 Å². The Morgan fingerprint density at radius 3 is 2.77 bits per heavy atom. The van der Waals surface area contributed by atoms with Crippen LogP contribution in [0.1, 0.15) is 45.1 Å². The third kappa shape index (κ3) is 3.84. The Labute approximate surface area is 210 Å². The molecule has 1 N–H and O–H groups in total. The van der Waals surface area contributed by atoms with Gasteiger partial charge in [-0.25, -0.2) is 0 Å². The molecule has 0 saturated carbocycles. The van der Waals surface area contributed by atoms with Crippen LogP contribution in [0.25, 0.3) is 16.0 Å². The average molecular weight is 502 g/mol. The lowest BCUT2D eigenvalue weighted by Crippen LogP contribution is -2.24. The standard InChI is InChI=1S/C26H20ClN5O2S/c1-2-16-12-18-24(17-8-4-5-9-19(17)27)28-13-22-30-31-23(32(22)26(18)35-16)14-29-25(33)21-11-15-7-3-6-10-20(15)34-21/h3-12H,2,13-14H2,1H3,(H,29,33). The summed E-state index contributed by atoms with van der Waals surface area (Å²) in [4.78, 5) is 18.9. The van der Waals surface area contributed by atoms with Crippen molar-refractivity contribution in [2.75, 3.05) is 0 Å². The lowest BCUT2D eigenvalue weighted by molar-refractivity contribution is 0.0924. The number of aliphatic imine (C=N–C) groups is 1. The van der Waals surface area contributed by atoms with Gasteiger partial charge in [-0.3, -0.25) is 14.4 Å². The van der Waals surface area contributed by atoms with E-state index in [4.69, 9.17) is 21.0 Å². The molecule has 0 fully saturated rings. The molecule has 35 heavy (non-hydrogen) atoms. The van der Waals surface area contributed by atoms with Crippen LogP contribution in [0.2, 0.25) is 5.02 Å². The molecule has 0 aliphatic carbocycles. The molecular formula is C26H20ClN5O2S. The van der Waals surface area contributed by atoms with E-state index in [0.717, 1.165) is 33.6 Å². The van der Waals surface area contributed by atoms with Gasteiger partial charge in [-0.2, -0.15) is 0 Å². The number of aromatic nitrogens is 3. The second kappa shape index (κ2) is 8.79. The predicted octanol–water partition coefficient (Wildman–Crippen LogP) is 5.57. The summed E-state index contributed by atoms with van der Waals surface area (Å²) in [5.74, 6) is 1.30. The van der Waals surface area contributed by atoms with Crippen LogP contribution in [-0.4, -0.2) is 26.4 Å². The smallest absolute Gasteiger partial charge is 0.287 e. The maximum atomic E-state index is 12.8. The summed E-state index contributed by atoms with van der Waals surface area (Å²) >= 11 is 8.21. The monoisotopic (exact) mass is 501 g/mol. The summed E-state index contributed by atoms with van der Waals surface area (Å²) < 4.78 is 7.70. The predicted molar refractivity (Wildman–Crippen MR) is 137 cm³/mol. The van der Waals surface area contributed by atoms with Gasteiger partial charge in [0.2, 0.25) is 0 Å². The molecule has 9 heteroatoms. The number of halogens is 1. The minimum atomic E-state index is -0.305. The van der Waals surface area contributed by atoms with E-state index < -0.39 is 0 Å². The second-order valence-corrected chi connectivity index (χ2v) is 9.65. The highest BCUT2D eigenvalue weighted by Gasteiger charge is 2.26. The Bertz CT molecular complexity index is 1580. The molecule has 0 radical (unpaired) electrons. The Hall–Kier alpha value is -3.75. The summed E-state index contributed by atoms with van der Waals surface area (Å²) in [6.07, 6.45) is 0.892. The van der Waals surface area contributed by atoms with Crippen molar-refractivity contribution < 1.29 is 9.21 Å². The highest BCUT2D eigenvalue weighted by molar-refractivity contribution is 7.15. The zero-order chi connectivity index (χ0) is 23.9. The van der Waals surface area contributed by atoms with Gasteiger partial charge in [0.1, 0.15) is 17.1 Å². The van der Waals surface area contributed by atoms with Crippen LogP contribution in [0.5, 0.6) is 0 Å². The number of amides is 1. The molecule has 174 valence electrons. The van der Waals surface area contributed by atoms with Crippen LogP contribution in [0.4, 0.5) is 0 Å². The highest BCUT2D eigenvalue weighted by Crippen LogP contribution is 2.34. The van der Waals surface area contributed by atoms with E-state index in [1.54, 1.807) is 17.4 Å². The van der Waals surface area contributed by atoms with Crippen LogP contribution < -0.4 is 5.32 Å². The van der Waals surface area contributed by atoms with Crippen molar-refractivity contribution in [1.82, 2.24) is 20.1 Å². The van der Waals surface area contributed by atoms with E-state index in [-0.39, 0.29) is 18.2 Å². The zero-order valence-electron chi connectivity index (χ0n) is 18.8. The first-order valence-electron chi connectivity index (χ1n) is 11.2. The summed E-state index contributed by atoms with van der Waals surface area (Å²) in [7, 11) is 0. The summed E-state index contributed by atoms with van der Waals surface area (Å²) in [5, 5.41) is 14.2. The molecule has 4 heterocycles. The summed E-state index contributed by atoms with van der Waals surface area (Å²) in [6.45, 7) is 2.68. The summed E-state index contributed by atoms with van der Waals surface area (Å²) in [6, 6.07) is 19.2. The first-order chi connectivity index (χ1) is 17.1. The molecule has 2 aromatic carbocycles. The molecule has 1 amide bonds. The van der Waals surface area contributed by atoms with E-state index in [2.05, 4.69) is 28.5 Å². The average Bonchev–Trinajstić information content (AvgIpc) is 3.58. The third-order valence-electron chi connectivity index (χ3n) is 5.93. The fourth-order valence-electron chi connectivity index (χ4n) is 4.21. The minimum absolute atomic E-state index is 0.198. The van der Waals surface area contributed by atoms with E-state index >= 15 is 0 Å². The number of carbonyl (C=O) groups excluding carboxylic acids is 1. The number of furan rings is 1. The maximum absolute atomic E-state index is 12.8. The van der Waals surface area contributed by atoms with Crippen molar-refractivity contribution >= 4 is 45.5 Å². The molecule has 6 rings (SSSR count). The Kier molecular flexibility index (Phi) is 5.47. The van der Waals surface area contributed by atoms with Crippen LogP contribution >= 0.6 is 22.9 Å². The number of rotatable bonds is 5. The molecule has 0 bridgehead atoms. The molecule has 0 saturated heterocycles. The van der Waals surface area contributed by atoms with Crippen LogP contribution in [0.15, 0.2) is 70.1 Å². The van der Waals surface area contributed by atoms with Gasteiger partial charge in [0.05, 0.1) is 12.3 Å². The molecule has 0 unspecified atom stereocenters. The van der Waals surface area contributed by atoms with E-state index in [1.807, 2.05) is 53.1 Å². The lowest BCUT2D eigenvalue weighted by Gasteiger charge is -2.10. The van der Waals surface area contributed by atoms with Gasteiger partial charge in [-0.05, 0) is 30.7 Å². The normalized spacial score (nSPS) is 12.7. The number of nitrogens with zero attached hydrogens (tertiary/aromatic N) is 4. The molecule has 5 aromatic rings. The number of aryl methyl sites for hydroxylation is 1. The lowest BCUT2D eigenvalue weighted by atomic mass is 10.0. The zero-order valence-corrected chi connectivity index (χ0v) is 20.4. The largest absolute Gasteiger partial charge is 0.451 e. The first-order valence-corrected chi connectivity index (χ1v) is 12.4. The van der Waals surface area contributed by atoms with Crippen LogP contribution in [-0.2, 0) is 19.5 Å². The van der Waals surface area contributed by atoms with E-state index in [9.17, 15) is 4.79 Å². The number of hydrogen-bond acceptors (Lipinski definition) is 6. The van der Waals surface area contributed by atoms with Crippen molar-refractivity contribution in [2.24, 2.45) is 4.99 Å². The maximum Gasteiger partial charge on any atom is 0.287 e. The number of hydrogen-bond donors (Lipinski definition) is 1. The SMILES string of the molecule is CCc1cc2c(s1)-n1c(nnc1CNC(=O)c1cc3ccccc3o1)CN=C2c1ccccc1Cl. The fraction of sp³-hybridized carbons (Fsp3) is 0.154. The fourth-order valence-corrected chi connectivity index (χ4v) is 5.57. The number of thiophene rings is 1. The van der Waals surface area contributed by atoms with E-state index in [0.29, 0.717) is 28.8 Å². The Morgan fingerprint density at radius 1 is 1.11 bits per heavy atom. The van der Waals surface area contributed by atoms with Gasteiger partial charge in [0.15, 0.2) is 17.4 Å². The van der Waals surface area contributed by atoms with Gasteiger partial charge >= 0.3 is 0 Å². The molecule has 0 spiro atoms. The van der Waals surface area contributed by atoms with Crippen molar-refractivity contribution in [1.29, 1.82) is 0 Å². The summed E-state index contributed by atoms with van der Waals surface area (Å²) in [5.41, 5.74) is 3.38. The quantitative estimate of drug-likeness (QED) is 0.341. The Balaban J connectivity index is 1.34. The van der Waals surface area contributed by atoms with Gasteiger partial charge in [-0.15, -0.1) is 21.5 Å². The number of nitrogens with one attached hydrogen (secondary N) is 1. The molecule has 3 aromatic heterocycles. The number of fused-ring (bicyclic) bond motifs is 4. The Morgan fingerprint density at radius 2 is 1.94 bits per heavy atom. The van der Waals surface area contributed by atoms with Gasteiger partial charge in [0, 0.05) is 26.4 Å². The van der Waals surface area contributed by atoms with Crippen molar-refractivity contribution in [2.45, 2.75) is 26.4 Å². The van der Waals surface area contributed by atoms with Crippen molar-refractivity contribution in [3.05, 3.63) is 99.1 Å². The van der Waals surface area contributed by atoms with Crippen LogP contribution in [0.3, 0.4) is 0 Å². The molecule has 1 aliphatic rings. The van der Waals surface area contributed by atoms with Crippen molar-refractivity contribution in [3.8, 4) is 5.00 Å². The first kappa shape index (κ1) is 21.8. The minimum Gasteiger partial charge on any atom is -0.451 e. The number of carbonyl (C=O) groups is 1. The van der Waals surface area contributed by atoms with Gasteiger partial charge in [0.25, 0.3) is 5.91 Å². The van der Waals surface area contributed by atoms with Gasteiger partial charge in [-0.1, -0.05) is 54.9 Å². The van der Waals surface area contributed by atoms with Gasteiger partial charge < -0.3 is 9.73 Å². The molecule has 1 aliphatic heterocycles. The third-order valence-corrected chi connectivity index (χ3v) is 7.53.